The molecule has 0 radical (unpaired) electrons. The van der Waals surface area contributed by atoms with Gasteiger partial charge in [-0.25, -0.2) is 8.78 Å². The molecule has 1 aromatic rings. The van der Waals surface area contributed by atoms with Crippen molar-refractivity contribution < 1.29 is 18.3 Å². The molecule has 0 spiro atoms. The zero-order chi connectivity index (χ0) is 15.2. The second-order valence-electron chi connectivity index (χ2n) is 4.97. The van der Waals surface area contributed by atoms with Gasteiger partial charge < -0.3 is 10.1 Å². The molecule has 0 aromatic carbocycles. The number of nitrogens with zero attached hydrogens (tertiary/aromatic N) is 3. The fraction of sp³-hybridized carbons (Fsp3) is 0.692. The number of aromatic nitrogens is 2. The molecule has 1 N–H and O–H groups in total. The molecular weight excluding hydrogens is 282 g/mol. The van der Waals surface area contributed by atoms with Gasteiger partial charge in [0, 0.05) is 26.2 Å². The first-order chi connectivity index (χ1) is 10.1. The minimum absolute atomic E-state index is 0.184. The summed E-state index contributed by atoms with van der Waals surface area (Å²) >= 11 is 0. The van der Waals surface area contributed by atoms with E-state index in [9.17, 15) is 13.6 Å². The smallest absolute Gasteiger partial charge is 0.280 e. The Bertz CT molecular complexity index is 473. The highest BCUT2D eigenvalue weighted by Crippen LogP contribution is 2.19. The van der Waals surface area contributed by atoms with Crippen molar-refractivity contribution in [2.24, 2.45) is 0 Å². The lowest BCUT2D eigenvalue weighted by Gasteiger charge is -2.26. The van der Waals surface area contributed by atoms with Gasteiger partial charge in [0.2, 0.25) is 5.91 Å². The molecule has 1 aromatic heterocycles. The molecule has 1 aliphatic rings. The van der Waals surface area contributed by atoms with Crippen LogP contribution in [0.5, 0.6) is 0 Å². The Labute approximate surface area is 122 Å². The van der Waals surface area contributed by atoms with Crippen LogP contribution >= 0.6 is 0 Å². The molecule has 6 nitrogen and oxygen atoms in total. The van der Waals surface area contributed by atoms with Crippen molar-refractivity contribution in [3.05, 3.63) is 17.5 Å². The van der Waals surface area contributed by atoms with Gasteiger partial charge in [-0.1, -0.05) is 0 Å². The topological polar surface area (TPSA) is 59.4 Å². The Morgan fingerprint density at radius 1 is 1.48 bits per heavy atom. The maximum Gasteiger partial charge on any atom is 0.280 e. The van der Waals surface area contributed by atoms with E-state index in [1.54, 1.807) is 6.92 Å². The molecule has 0 bridgehead atoms. The average molecular weight is 302 g/mol. The average Bonchev–Trinajstić information content (AvgIpc) is 2.81. The number of carbonyl (C=O) groups excluding carboxylic acids is 1. The molecule has 118 valence electrons. The Morgan fingerprint density at radius 3 is 2.86 bits per heavy atom. The fourth-order valence-electron chi connectivity index (χ4n) is 2.24. The lowest BCUT2D eigenvalue weighted by atomic mass is 10.4. The normalized spacial score (nSPS) is 16.4. The van der Waals surface area contributed by atoms with E-state index in [4.69, 9.17) is 4.74 Å². The van der Waals surface area contributed by atoms with E-state index in [2.05, 4.69) is 15.3 Å². The summed E-state index contributed by atoms with van der Waals surface area (Å²) in [6.07, 6.45) is -2.63. The second kappa shape index (κ2) is 7.46. The van der Waals surface area contributed by atoms with Crippen LogP contribution in [0, 0.1) is 6.92 Å². The maximum absolute atomic E-state index is 12.8. The number of rotatable bonds is 6. The first-order valence-electron chi connectivity index (χ1n) is 6.95. The van der Waals surface area contributed by atoms with E-state index in [1.807, 2.05) is 0 Å². The fourth-order valence-corrected chi connectivity index (χ4v) is 2.24. The zero-order valence-electron chi connectivity index (χ0n) is 12.0. The van der Waals surface area contributed by atoms with E-state index in [-0.39, 0.29) is 18.1 Å². The monoisotopic (exact) mass is 302 g/mol. The molecule has 2 heterocycles. The SMILES string of the molecule is Cc1cc(C(F)F)n(CC(=O)NCCN2CCOCC2)n1. The molecule has 1 amide bonds. The van der Waals surface area contributed by atoms with Crippen LogP contribution in [0.15, 0.2) is 6.07 Å². The van der Waals surface area contributed by atoms with Gasteiger partial charge in [-0.15, -0.1) is 0 Å². The first kappa shape index (κ1) is 15.8. The number of hydrogen-bond donors (Lipinski definition) is 1. The van der Waals surface area contributed by atoms with Crippen molar-refractivity contribution in [2.75, 3.05) is 39.4 Å². The van der Waals surface area contributed by atoms with Crippen LogP contribution in [-0.2, 0) is 16.1 Å². The lowest BCUT2D eigenvalue weighted by molar-refractivity contribution is -0.122. The van der Waals surface area contributed by atoms with E-state index >= 15 is 0 Å². The van der Waals surface area contributed by atoms with Crippen LogP contribution in [0.2, 0.25) is 0 Å². The highest BCUT2D eigenvalue weighted by molar-refractivity contribution is 5.75. The van der Waals surface area contributed by atoms with Gasteiger partial charge in [0.1, 0.15) is 12.2 Å². The molecule has 2 rings (SSSR count). The van der Waals surface area contributed by atoms with E-state index in [1.165, 1.54) is 6.07 Å². The van der Waals surface area contributed by atoms with Gasteiger partial charge in [0.15, 0.2) is 0 Å². The van der Waals surface area contributed by atoms with Crippen LogP contribution in [-0.4, -0.2) is 60.0 Å². The predicted molar refractivity (Wildman–Crippen MR) is 72.2 cm³/mol. The number of ether oxygens (including phenoxy) is 1. The Balaban J connectivity index is 1.76. The largest absolute Gasteiger partial charge is 0.379 e. The van der Waals surface area contributed by atoms with Crippen molar-refractivity contribution in [3.8, 4) is 0 Å². The van der Waals surface area contributed by atoms with Crippen molar-refractivity contribution in [1.29, 1.82) is 0 Å². The van der Waals surface area contributed by atoms with E-state index in [0.717, 1.165) is 24.3 Å². The van der Waals surface area contributed by atoms with Crippen molar-refractivity contribution >= 4 is 5.91 Å². The van der Waals surface area contributed by atoms with Gasteiger partial charge in [0.25, 0.3) is 6.43 Å². The summed E-state index contributed by atoms with van der Waals surface area (Å²) < 4.78 is 31.8. The number of nitrogens with one attached hydrogen (secondary N) is 1. The molecular formula is C13H20F2N4O2. The van der Waals surface area contributed by atoms with Gasteiger partial charge in [-0.05, 0) is 13.0 Å². The van der Waals surface area contributed by atoms with Crippen LogP contribution in [0.25, 0.3) is 0 Å². The number of aryl methyl sites for hydroxylation is 1. The zero-order valence-corrected chi connectivity index (χ0v) is 12.0. The highest BCUT2D eigenvalue weighted by atomic mass is 19.3. The summed E-state index contributed by atoms with van der Waals surface area (Å²) in [4.78, 5) is 14.0. The molecule has 1 fully saturated rings. The molecule has 0 unspecified atom stereocenters. The molecule has 0 atom stereocenters. The molecule has 1 aliphatic heterocycles. The van der Waals surface area contributed by atoms with Gasteiger partial charge >= 0.3 is 0 Å². The minimum atomic E-state index is -2.63. The van der Waals surface area contributed by atoms with Gasteiger partial charge in [0.05, 0.1) is 18.9 Å². The van der Waals surface area contributed by atoms with Crippen LogP contribution < -0.4 is 5.32 Å². The summed E-state index contributed by atoms with van der Waals surface area (Å²) in [6.45, 7) is 5.78. The third-order valence-corrected chi connectivity index (χ3v) is 3.30. The van der Waals surface area contributed by atoms with Crippen molar-refractivity contribution in [1.82, 2.24) is 20.0 Å². The number of alkyl halides is 2. The number of amides is 1. The van der Waals surface area contributed by atoms with Crippen LogP contribution in [0.4, 0.5) is 8.78 Å². The minimum Gasteiger partial charge on any atom is -0.379 e. The van der Waals surface area contributed by atoms with E-state index < -0.39 is 6.43 Å². The Kier molecular flexibility index (Phi) is 5.63. The van der Waals surface area contributed by atoms with Crippen LogP contribution in [0.3, 0.4) is 0 Å². The van der Waals surface area contributed by atoms with Crippen molar-refractivity contribution in [3.63, 3.8) is 0 Å². The Morgan fingerprint density at radius 2 is 2.19 bits per heavy atom. The standard InChI is InChI=1S/C13H20F2N4O2/c1-10-8-11(13(14)15)19(17-10)9-12(20)16-2-3-18-4-6-21-7-5-18/h8,13H,2-7,9H2,1H3,(H,16,20). The van der Waals surface area contributed by atoms with Gasteiger partial charge in [-0.3, -0.25) is 14.4 Å². The first-order valence-corrected chi connectivity index (χ1v) is 6.95. The van der Waals surface area contributed by atoms with Crippen molar-refractivity contribution in [2.45, 2.75) is 19.9 Å². The number of halogens is 2. The quantitative estimate of drug-likeness (QED) is 0.835. The van der Waals surface area contributed by atoms with Crippen LogP contribution in [0.1, 0.15) is 17.8 Å². The summed E-state index contributed by atoms with van der Waals surface area (Å²) in [6, 6.07) is 1.30. The predicted octanol–water partition coefficient (Wildman–Crippen LogP) is 0.578. The molecule has 0 aliphatic carbocycles. The third kappa shape index (κ3) is 4.75. The second-order valence-corrected chi connectivity index (χ2v) is 4.97. The highest BCUT2D eigenvalue weighted by Gasteiger charge is 2.17. The van der Waals surface area contributed by atoms with Gasteiger partial charge in [-0.2, -0.15) is 5.10 Å². The summed E-state index contributed by atoms with van der Waals surface area (Å²) in [7, 11) is 0. The summed E-state index contributed by atoms with van der Waals surface area (Å²) in [5.74, 6) is -0.312. The maximum atomic E-state index is 12.8. The number of carbonyl (C=O) groups is 1. The molecule has 1 saturated heterocycles. The number of hydrogen-bond acceptors (Lipinski definition) is 4. The Hall–Kier alpha value is -1.54. The molecule has 0 saturated carbocycles. The van der Waals surface area contributed by atoms with E-state index in [0.29, 0.717) is 25.5 Å². The lowest BCUT2D eigenvalue weighted by Crippen LogP contribution is -2.42. The molecule has 8 heteroatoms. The summed E-state index contributed by atoms with van der Waals surface area (Å²) in [5, 5.41) is 6.65. The third-order valence-electron chi connectivity index (χ3n) is 3.30. The number of morpholine rings is 1. The summed E-state index contributed by atoms with van der Waals surface area (Å²) in [5.41, 5.74) is 0.252. The molecule has 21 heavy (non-hydrogen) atoms.